The summed E-state index contributed by atoms with van der Waals surface area (Å²) in [4.78, 5) is 25.7. The molecule has 1 aromatic heterocycles. The molecule has 2 heterocycles. The van der Waals surface area contributed by atoms with Crippen LogP contribution in [0.2, 0.25) is 0 Å². The van der Waals surface area contributed by atoms with E-state index < -0.39 is 27.9 Å². The van der Waals surface area contributed by atoms with E-state index in [-0.39, 0.29) is 17.7 Å². The third kappa shape index (κ3) is 3.58. The zero-order valence-electron chi connectivity index (χ0n) is 18.6. The second-order valence-electron chi connectivity index (χ2n) is 8.20. The number of carbonyl (C=O) groups excluding carboxylic acids is 2. The summed E-state index contributed by atoms with van der Waals surface area (Å²) < 4.78 is 38.5. The van der Waals surface area contributed by atoms with Gasteiger partial charge in [0, 0.05) is 23.3 Å². The number of anilines is 1. The number of sulfonamides is 1. The summed E-state index contributed by atoms with van der Waals surface area (Å²) in [7, 11) is -2.71. The number of methoxy groups -OCH3 is 1. The molecule has 1 fully saturated rings. The molecule has 1 N–H and O–H groups in total. The first kappa shape index (κ1) is 22.0. The number of carbonyl (C=O) groups is 2. The van der Waals surface area contributed by atoms with E-state index >= 15 is 0 Å². The highest BCUT2D eigenvalue weighted by Crippen LogP contribution is 2.37. The Labute approximate surface area is 196 Å². The maximum Gasteiger partial charge on any atom is 0.267 e. The number of para-hydroxylation sites is 1. The van der Waals surface area contributed by atoms with Crippen LogP contribution in [0.5, 0.6) is 5.75 Å². The lowest BCUT2D eigenvalue weighted by molar-refractivity contribution is -0.128. The quantitative estimate of drug-likeness (QED) is 0.460. The molecule has 0 unspecified atom stereocenters. The van der Waals surface area contributed by atoms with Crippen LogP contribution < -0.4 is 10.1 Å². The highest BCUT2D eigenvalue weighted by Gasteiger charge is 2.44. The molecule has 4 aromatic rings. The van der Waals surface area contributed by atoms with Crippen molar-refractivity contribution >= 4 is 49.5 Å². The minimum Gasteiger partial charge on any atom is -0.495 e. The van der Waals surface area contributed by atoms with E-state index in [2.05, 4.69) is 5.32 Å². The van der Waals surface area contributed by atoms with Gasteiger partial charge in [-0.25, -0.2) is 12.7 Å². The number of amides is 2. The predicted octanol–water partition coefficient (Wildman–Crippen LogP) is 4.22. The van der Waals surface area contributed by atoms with Crippen molar-refractivity contribution in [1.29, 1.82) is 0 Å². The van der Waals surface area contributed by atoms with Crippen LogP contribution in [0.25, 0.3) is 21.9 Å². The van der Waals surface area contributed by atoms with Crippen LogP contribution in [0, 0.1) is 6.92 Å². The van der Waals surface area contributed by atoms with Gasteiger partial charge in [-0.05, 0) is 37.6 Å². The highest BCUT2D eigenvalue weighted by atomic mass is 32.2. The lowest BCUT2D eigenvalue weighted by Crippen LogP contribution is -2.45. The molecule has 34 heavy (non-hydrogen) atoms. The summed E-state index contributed by atoms with van der Waals surface area (Å²) in [6, 6.07) is 15.9. The van der Waals surface area contributed by atoms with Crippen LogP contribution in [0.4, 0.5) is 5.69 Å². The number of nitrogens with one attached hydrogen (secondary N) is 1. The monoisotopic (exact) mass is 478 g/mol. The third-order valence-electron chi connectivity index (χ3n) is 6.00. The molecule has 9 heteroatoms. The second-order valence-corrected chi connectivity index (χ2v) is 10.0. The molecule has 0 saturated carbocycles. The number of benzene rings is 3. The molecule has 174 valence electrons. The van der Waals surface area contributed by atoms with Crippen LogP contribution >= 0.6 is 0 Å². The molecule has 3 aromatic carbocycles. The minimum atomic E-state index is -4.19. The van der Waals surface area contributed by atoms with E-state index in [4.69, 9.17) is 9.15 Å². The van der Waals surface area contributed by atoms with Gasteiger partial charge < -0.3 is 14.5 Å². The van der Waals surface area contributed by atoms with Crippen molar-refractivity contribution in [1.82, 2.24) is 4.31 Å². The van der Waals surface area contributed by atoms with E-state index in [0.29, 0.717) is 26.9 Å². The molecule has 1 atom stereocenters. The topological polar surface area (TPSA) is 106 Å². The van der Waals surface area contributed by atoms with Gasteiger partial charge in [-0.1, -0.05) is 35.9 Å². The number of fused-ring (bicyclic) bond motifs is 3. The SMILES string of the molecule is COc1cc2c(cc1NC(=O)[C@H]1CCC(=O)N1S(=O)(=O)c1ccc(C)cc1)oc1ccccc12. The van der Waals surface area contributed by atoms with Gasteiger partial charge in [-0.15, -0.1) is 0 Å². The summed E-state index contributed by atoms with van der Waals surface area (Å²) in [6.07, 6.45) is 0.0495. The Balaban J connectivity index is 1.49. The molecular formula is C25H22N2O6S. The molecule has 0 radical (unpaired) electrons. The highest BCUT2D eigenvalue weighted by molar-refractivity contribution is 7.89. The number of hydrogen-bond acceptors (Lipinski definition) is 6. The van der Waals surface area contributed by atoms with Gasteiger partial charge in [0.1, 0.15) is 23.0 Å². The zero-order chi connectivity index (χ0) is 24.0. The van der Waals surface area contributed by atoms with Crippen LogP contribution in [0.1, 0.15) is 18.4 Å². The number of nitrogens with zero attached hydrogens (tertiary/aromatic N) is 1. The molecule has 1 saturated heterocycles. The molecule has 1 aliphatic rings. The van der Waals surface area contributed by atoms with Crippen LogP contribution in [-0.4, -0.2) is 37.7 Å². The lowest BCUT2D eigenvalue weighted by atomic mass is 10.1. The Morgan fingerprint density at radius 3 is 2.53 bits per heavy atom. The van der Waals surface area contributed by atoms with Crippen LogP contribution in [0.3, 0.4) is 0 Å². The number of hydrogen-bond donors (Lipinski definition) is 1. The Kier molecular flexibility index (Phi) is 5.28. The first-order valence-corrected chi connectivity index (χ1v) is 12.2. The minimum absolute atomic E-state index is 0.0348. The van der Waals surface area contributed by atoms with E-state index in [1.165, 1.54) is 19.2 Å². The Morgan fingerprint density at radius 2 is 1.79 bits per heavy atom. The van der Waals surface area contributed by atoms with E-state index in [1.807, 2.05) is 31.2 Å². The van der Waals surface area contributed by atoms with Crippen molar-refractivity contribution in [3.8, 4) is 5.75 Å². The molecule has 0 bridgehead atoms. The molecule has 0 spiro atoms. The largest absolute Gasteiger partial charge is 0.495 e. The van der Waals surface area contributed by atoms with Crippen molar-refractivity contribution in [3.05, 3.63) is 66.2 Å². The molecule has 8 nitrogen and oxygen atoms in total. The molecule has 0 aliphatic carbocycles. The standard InChI is InChI=1S/C25H22N2O6S/c1-15-7-9-16(10-8-15)34(30,31)27-20(11-12-24(27)28)25(29)26-19-14-22-18(13-23(19)32-2)17-5-3-4-6-21(17)33-22/h3-10,13-14,20H,11-12H2,1-2H3,(H,26,29)/t20-/m1/s1. The zero-order valence-corrected chi connectivity index (χ0v) is 19.4. The summed E-state index contributed by atoms with van der Waals surface area (Å²) in [5, 5.41) is 4.47. The fourth-order valence-electron chi connectivity index (χ4n) is 4.26. The molecule has 2 amide bonds. The fourth-order valence-corrected chi connectivity index (χ4v) is 5.86. The number of furan rings is 1. The average molecular weight is 479 g/mol. The molecule has 5 rings (SSSR count). The van der Waals surface area contributed by atoms with E-state index in [0.717, 1.165) is 16.3 Å². The lowest BCUT2D eigenvalue weighted by Gasteiger charge is -2.24. The Hall–Kier alpha value is -3.85. The average Bonchev–Trinajstić information content (AvgIpc) is 3.39. The summed E-state index contributed by atoms with van der Waals surface area (Å²) >= 11 is 0. The normalized spacial score (nSPS) is 16.4. The first-order chi connectivity index (χ1) is 16.3. The van der Waals surface area contributed by atoms with Crippen molar-refractivity contribution in [2.24, 2.45) is 0 Å². The van der Waals surface area contributed by atoms with Gasteiger partial charge in [-0.2, -0.15) is 0 Å². The van der Waals surface area contributed by atoms with Crippen molar-refractivity contribution in [3.63, 3.8) is 0 Å². The van der Waals surface area contributed by atoms with Gasteiger partial charge in [0.05, 0.1) is 17.7 Å². The maximum atomic E-state index is 13.2. The van der Waals surface area contributed by atoms with Crippen molar-refractivity contribution in [2.75, 3.05) is 12.4 Å². The van der Waals surface area contributed by atoms with Crippen LogP contribution in [0.15, 0.2) is 70.0 Å². The molecule has 1 aliphatic heterocycles. The Bertz CT molecular complexity index is 1540. The fraction of sp³-hybridized carbons (Fsp3) is 0.200. The number of aryl methyl sites for hydroxylation is 1. The van der Waals surface area contributed by atoms with Crippen LogP contribution in [-0.2, 0) is 19.6 Å². The van der Waals surface area contributed by atoms with Crippen molar-refractivity contribution in [2.45, 2.75) is 30.7 Å². The number of rotatable bonds is 5. The first-order valence-electron chi connectivity index (χ1n) is 10.7. The van der Waals surface area contributed by atoms with Gasteiger partial charge in [-0.3, -0.25) is 9.59 Å². The van der Waals surface area contributed by atoms with E-state index in [1.54, 1.807) is 24.3 Å². The number of ether oxygens (including phenoxy) is 1. The maximum absolute atomic E-state index is 13.2. The third-order valence-corrected chi connectivity index (χ3v) is 7.84. The Morgan fingerprint density at radius 1 is 1.06 bits per heavy atom. The summed E-state index contributed by atoms with van der Waals surface area (Å²) in [6.45, 7) is 1.83. The molecular weight excluding hydrogens is 456 g/mol. The second kappa shape index (κ2) is 8.18. The van der Waals surface area contributed by atoms with E-state index in [9.17, 15) is 18.0 Å². The summed E-state index contributed by atoms with van der Waals surface area (Å²) in [5.74, 6) is -0.833. The van der Waals surface area contributed by atoms with Gasteiger partial charge in [0.15, 0.2) is 0 Å². The van der Waals surface area contributed by atoms with Gasteiger partial charge in [0.25, 0.3) is 10.0 Å². The summed E-state index contributed by atoms with van der Waals surface area (Å²) in [5.41, 5.74) is 2.45. The predicted molar refractivity (Wildman–Crippen MR) is 127 cm³/mol. The van der Waals surface area contributed by atoms with Gasteiger partial charge >= 0.3 is 0 Å². The smallest absolute Gasteiger partial charge is 0.267 e. The van der Waals surface area contributed by atoms with Crippen molar-refractivity contribution < 1.29 is 27.2 Å². The van der Waals surface area contributed by atoms with Gasteiger partial charge in [0.2, 0.25) is 11.8 Å².